The van der Waals surface area contributed by atoms with Crippen molar-refractivity contribution in [3.05, 3.63) is 35.5 Å². The van der Waals surface area contributed by atoms with E-state index < -0.39 is 0 Å². The fraction of sp³-hybridized carbons (Fsp3) is 0.429. The first kappa shape index (κ1) is 9.91. The number of nitrogens with two attached hydrogens (primary N) is 1. The number of aryl methyl sites for hydroxylation is 1. The van der Waals surface area contributed by atoms with Crippen molar-refractivity contribution in [3.8, 4) is 0 Å². The summed E-state index contributed by atoms with van der Waals surface area (Å²) in [6.45, 7) is 2.13. The quantitative estimate of drug-likeness (QED) is 0.791. The van der Waals surface area contributed by atoms with E-state index in [4.69, 9.17) is 5.73 Å². The molecule has 0 bridgehead atoms. The minimum Gasteiger partial charge on any atom is -0.358 e. The maximum atomic E-state index is 6.39. The smallest absolute Gasteiger partial charge is 0.0459 e. The molecule has 16 heavy (non-hydrogen) atoms. The van der Waals surface area contributed by atoms with Crippen molar-refractivity contribution in [2.75, 3.05) is 0 Å². The minimum absolute atomic E-state index is 0.213. The Kier molecular flexibility index (Phi) is 2.25. The van der Waals surface area contributed by atoms with Gasteiger partial charge in [-0.2, -0.15) is 0 Å². The van der Waals surface area contributed by atoms with Gasteiger partial charge in [0.2, 0.25) is 0 Å². The van der Waals surface area contributed by atoms with Crippen molar-refractivity contribution < 1.29 is 0 Å². The van der Waals surface area contributed by atoms with Gasteiger partial charge in [0.1, 0.15) is 0 Å². The van der Waals surface area contributed by atoms with Gasteiger partial charge < -0.3 is 10.7 Å². The van der Waals surface area contributed by atoms with Crippen LogP contribution in [0, 0.1) is 12.8 Å². The molecule has 2 aromatic rings. The zero-order valence-electron chi connectivity index (χ0n) is 9.66. The molecule has 2 heteroatoms. The molecule has 1 aromatic heterocycles. The Morgan fingerprint density at radius 3 is 2.75 bits per heavy atom. The molecule has 2 nitrogen and oxygen atoms in total. The van der Waals surface area contributed by atoms with Crippen LogP contribution in [-0.4, -0.2) is 4.98 Å². The number of hydrogen-bond acceptors (Lipinski definition) is 1. The molecule has 3 N–H and O–H groups in total. The summed E-state index contributed by atoms with van der Waals surface area (Å²) in [5.41, 5.74) is 10.2. The van der Waals surface area contributed by atoms with E-state index in [-0.39, 0.29) is 6.04 Å². The second kappa shape index (κ2) is 3.63. The van der Waals surface area contributed by atoms with Gasteiger partial charge in [-0.05, 0) is 37.3 Å². The third-order valence-electron chi connectivity index (χ3n) is 3.93. The highest BCUT2D eigenvalue weighted by molar-refractivity contribution is 5.85. The van der Waals surface area contributed by atoms with Gasteiger partial charge in [0.05, 0.1) is 0 Å². The molecule has 0 saturated heterocycles. The van der Waals surface area contributed by atoms with E-state index in [1.54, 1.807) is 0 Å². The van der Waals surface area contributed by atoms with Crippen LogP contribution in [-0.2, 0) is 0 Å². The van der Waals surface area contributed by atoms with Crippen molar-refractivity contribution in [2.24, 2.45) is 11.7 Å². The van der Waals surface area contributed by atoms with Gasteiger partial charge in [-0.1, -0.05) is 24.6 Å². The van der Waals surface area contributed by atoms with E-state index in [0.29, 0.717) is 5.92 Å². The van der Waals surface area contributed by atoms with E-state index in [1.807, 2.05) is 0 Å². The first-order valence-corrected chi connectivity index (χ1v) is 6.10. The average molecular weight is 214 g/mol. The molecule has 1 saturated carbocycles. The number of fused-ring (bicyclic) bond motifs is 1. The van der Waals surface area contributed by atoms with E-state index in [1.165, 1.54) is 41.4 Å². The number of hydrogen-bond donors (Lipinski definition) is 2. The van der Waals surface area contributed by atoms with Crippen LogP contribution < -0.4 is 5.73 Å². The van der Waals surface area contributed by atoms with Crippen molar-refractivity contribution in [3.63, 3.8) is 0 Å². The molecule has 1 aliphatic carbocycles. The number of rotatable bonds is 2. The van der Waals surface area contributed by atoms with E-state index in [9.17, 15) is 0 Å². The predicted octanol–water partition coefficient (Wildman–Crippen LogP) is 3.28. The maximum absolute atomic E-state index is 6.39. The number of aromatic amines is 1. The van der Waals surface area contributed by atoms with Gasteiger partial charge in [0.25, 0.3) is 0 Å². The minimum atomic E-state index is 0.213. The lowest BCUT2D eigenvalue weighted by Gasteiger charge is -2.31. The number of para-hydroxylation sites is 1. The van der Waals surface area contributed by atoms with Gasteiger partial charge in [0.15, 0.2) is 0 Å². The van der Waals surface area contributed by atoms with Crippen molar-refractivity contribution in [1.29, 1.82) is 0 Å². The van der Waals surface area contributed by atoms with Gasteiger partial charge in [-0.15, -0.1) is 0 Å². The van der Waals surface area contributed by atoms with Crippen molar-refractivity contribution in [1.82, 2.24) is 4.98 Å². The Labute approximate surface area is 95.8 Å². The largest absolute Gasteiger partial charge is 0.358 e. The summed E-state index contributed by atoms with van der Waals surface area (Å²) in [5, 5.41) is 1.31. The van der Waals surface area contributed by atoms with E-state index in [2.05, 4.69) is 36.2 Å². The molecule has 1 aromatic carbocycles. The number of aromatic nitrogens is 1. The summed E-state index contributed by atoms with van der Waals surface area (Å²) in [7, 11) is 0. The molecule has 3 rings (SSSR count). The fourth-order valence-electron chi connectivity index (χ4n) is 2.76. The Bertz CT molecular complexity index is 508. The molecule has 0 spiro atoms. The van der Waals surface area contributed by atoms with Gasteiger partial charge >= 0.3 is 0 Å². The third kappa shape index (κ3) is 1.37. The number of benzene rings is 1. The second-order valence-corrected chi connectivity index (χ2v) is 4.93. The van der Waals surface area contributed by atoms with E-state index >= 15 is 0 Å². The molecule has 0 amide bonds. The normalized spacial score (nSPS) is 18.6. The van der Waals surface area contributed by atoms with Crippen LogP contribution in [0.25, 0.3) is 10.9 Å². The summed E-state index contributed by atoms with van der Waals surface area (Å²) >= 11 is 0. The highest BCUT2D eigenvalue weighted by atomic mass is 14.8. The van der Waals surface area contributed by atoms with Crippen LogP contribution in [0.5, 0.6) is 0 Å². The van der Waals surface area contributed by atoms with Crippen LogP contribution >= 0.6 is 0 Å². The Hall–Kier alpha value is -1.28. The van der Waals surface area contributed by atoms with E-state index in [0.717, 1.165) is 0 Å². The van der Waals surface area contributed by atoms with Crippen LogP contribution in [0.2, 0.25) is 0 Å². The average Bonchev–Trinajstić information content (AvgIpc) is 2.50. The summed E-state index contributed by atoms with van der Waals surface area (Å²) in [5.74, 6) is 0.693. The number of H-pyrrole nitrogens is 1. The molecule has 0 radical (unpaired) electrons. The van der Waals surface area contributed by atoms with Crippen molar-refractivity contribution >= 4 is 10.9 Å². The zero-order valence-corrected chi connectivity index (χ0v) is 9.66. The predicted molar refractivity (Wildman–Crippen MR) is 67.3 cm³/mol. The molecule has 0 aliphatic heterocycles. The monoisotopic (exact) mass is 214 g/mol. The SMILES string of the molecule is Cc1[nH]c2ccccc2c1[C@@H](N)C1CCC1. The molecular weight excluding hydrogens is 196 g/mol. The Morgan fingerprint density at radius 1 is 1.31 bits per heavy atom. The van der Waals surface area contributed by atoms with Gasteiger partial charge in [-0.3, -0.25) is 0 Å². The highest BCUT2D eigenvalue weighted by Gasteiger charge is 2.28. The molecule has 1 aliphatic rings. The summed E-state index contributed by atoms with van der Waals surface area (Å²) < 4.78 is 0. The first-order valence-electron chi connectivity index (χ1n) is 6.10. The fourth-order valence-corrected chi connectivity index (χ4v) is 2.76. The molecule has 1 heterocycles. The molecule has 84 valence electrons. The van der Waals surface area contributed by atoms with Gasteiger partial charge in [0, 0.05) is 22.6 Å². The maximum Gasteiger partial charge on any atom is 0.0459 e. The topological polar surface area (TPSA) is 41.8 Å². The third-order valence-corrected chi connectivity index (χ3v) is 3.93. The zero-order chi connectivity index (χ0) is 11.1. The molecule has 1 atom stereocenters. The Balaban J connectivity index is 2.10. The molecule has 0 unspecified atom stereocenters. The second-order valence-electron chi connectivity index (χ2n) is 4.93. The van der Waals surface area contributed by atoms with Crippen molar-refractivity contribution in [2.45, 2.75) is 32.2 Å². The van der Waals surface area contributed by atoms with Crippen LogP contribution in [0.3, 0.4) is 0 Å². The summed E-state index contributed by atoms with van der Waals surface area (Å²) in [4.78, 5) is 3.43. The lowest BCUT2D eigenvalue weighted by molar-refractivity contribution is 0.265. The van der Waals surface area contributed by atoms with Crippen LogP contribution in [0.15, 0.2) is 24.3 Å². The highest BCUT2D eigenvalue weighted by Crippen LogP contribution is 2.39. The molecular formula is C14H18N2. The standard InChI is InChI=1S/C14H18N2/c1-9-13(14(15)10-5-4-6-10)11-7-2-3-8-12(11)16-9/h2-3,7-8,10,14,16H,4-6,15H2,1H3/t14-/m0/s1. The molecule has 1 fully saturated rings. The van der Waals surface area contributed by atoms with Crippen LogP contribution in [0.4, 0.5) is 0 Å². The summed E-state index contributed by atoms with van der Waals surface area (Å²) in [6.07, 6.45) is 3.93. The van der Waals surface area contributed by atoms with Crippen LogP contribution in [0.1, 0.15) is 36.6 Å². The lowest BCUT2D eigenvalue weighted by Crippen LogP contribution is -2.27. The lowest BCUT2D eigenvalue weighted by atomic mass is 9.77. The first-order chi connectivity index (χ1) is 7.77. The number of nitrogens with one attached hydrogen (secondary N) is 1. The van der Waals surface area contributed by atoms with Gasteiger partial charge in [-0.25, -0.2) is 0 Å². The Morgan fingerprint density at radius 2 is 2.06 bits per heavy atom. The summed E-state index contributed by atoms with van der Waals surface area (Å²) in [6, 6.07) is 8.67.